The van der Waals surface area contributed by atoms with E-state index in [0.29, 0.717) is 27.6 Å². The lowest BCUT2D eigenvalue weighted by molar-refractivity contribution is -0.121. The number of piperidine rings is 1. The van der Waals surface area contributed by atoms with Crippen molar-refractivity contribution in [3.63, 3.8) is 0 Å². The van der Waals surface area contributed by atoms with E-state index < -0.39 is 10.0 Å². The number of benzene rings is 1. The summed E-state index contributed by atoms with van der Waals surface area (Å²) in [5.41, 5.74) is 0.578. The van der Waals surface area contributed by atoms with Gasteiger partial charge in [-0.25, -0.2) is 8.42 Å². The van der Waals surface area contributed by atoms with E-state index in [-0.39, 0.29) is 36.8 Å². The number of nitrogens with zero attached hydrogens (tertiary/aromatic N) is 3. The molecule has 0 spiro atoms. The fraction of sp³-hybridized carbons (Fsp3) is 0.278. The topological polar surface area (TPSA) is 105 Å². The van der Waals surface area contributed by atoms with Gasteiger partial charge in [-0.15, -0.1) is 16.4 Å². The first-order chi connectivity index (χ1) is 13.9. The van der Waals surface area contributed by atoms with Crippen molar-refractivity contribution in [3.8, 4) is 11.5 Å². The highest BCUT2D eigenvalue weighted by Crippen LogP contribution is 2.29. The number of aromatic nitrogens is 2. The molecule has 0 atom stereocenters. The number of carbonyl (C=O) groups is 1. The number of thiophene rings is 1. The van der Waals surface area contributed by atoms with Crippen molar-refractivity contribution >= 4 is 44.9 Å². The van der Waals surface area contributed by atoms with E-state index in [0.717, 1.165) is 0 Å². The third-order valence-corrected chi connectivity index (χ3v) is 8.27. The highest BCUT2D eigenvalue weighted by molar-refractivity contribution is 7.91. The lowest BCUT2D eigenvalue weighted by Crippen LogP contribution is -2.41. The van der Waals surface area contributed by atoms with Crippen LogP contribution in [0.3, 0.4) is 0 Å². The van der Waals surface area contributed by atoms with Crippen LogP contribution in [0.15, 0.2) is 50.4 Å². The fourth-order valence-electron chi connectivity index (χ4n) is 3.12. The van der Waals surface area contributed by atoms with Gasteiger partial charge in [-0.05, 0) is 36.4 Å². The van der Waals surface area contributed by atoms with Gasteiger partial charge in [0.1, 0.15) is 4.21 Å². The van der Waals surface area contributed by atoms with E-state index in [1.54, 1.807) is 41.8 Å². The second-order valence-corrected chi connectivity index (χ2v) is 10.0. The lowest BCUT2D eigenvalue weighted by atomic mass is 9.97. The zero-order valence-electron chi connectivity index (χ0n) is 15.1. The average Bonchev–Trinajstić information content (AvgIpc) is 3.41. The molecule has 0 bridgehead atoms. The van der Waals surface area contributed by atoms with Crippen LogP contribution in [0.4, 0.5) is 6.01 Å². The van der Waals surface area contributed by atoms with Crippen LogP contribution in [0.5, 0.6) is 0 Å². The van der Waals surface area contributed by atoms with Crippen molar-refractivity contribution in [2.24, 2.45) is 5.92 Å². The summed E-state index contributed by atoms with van der Waals surface area (Å²) >= 11 is 7.30. The summed E-state index contributed by atoms with van der Waals surface area (Å²) in [7, 11) is -3.49. The maximum Gasteiger partial charge on any atom is 0.322 e. The van der Waals surface area contributed by atoms with E-state index in [1.807, 2.05) is 0 Å². The molecule has 1 saturated heterocycles. The number of hydrogen-bond acceptors (Lipinski definition) is 7. The molecule has 1 aliphatic heterocycles. The van der Waals surface area contributed by atoms with Gasteiger partial charge in [-0.2, -0.15) is 4.31 Å². The molecule has 0 unspecified atom stereocenters. The monoisotopic (exact) mass is 452 g/mol. The van der Waals surface area contributed by atoms with Crippen LogP contribution in [0, 0.1) is 5.92 Å². The van der Waals surface area contributed by atoms with Crippen LogP contribution >= 0.6 is 22.9 Å². The van der Waals surface area contributed by atoms with Gasteiger partial charge < -0.3 is 4.42 Å². The highest BCUT2D eigenvalue weighted by atomic mass is 35.5. The first kappa shape index (κ1) is 20.0. The minimum Gasteiger partial charge on any atom is -0.403 e. The summed E-state index contributed by atoms with van der Waals surface area (Å²) in [6.07, 6.45) is 0.837. The average molecular weight is 453 g/mol. The minimum atomic E-state index is -3.49. The van der Waals surface area contributed by atoms with E-state index in [1.165, 1.54) is 15.6 Å². The minimum absolute atomic E-state index is 0.0152. The molecule has 152 valence electrons. The highest BCUT2D eigenvalue weighted by Gasteiger charge is 2.33. The Labute approximate surface area is 176 Å². The largest absolute Gasteiger partial charge is 0.403 e. The third-order valence-electron chi connectivity index (χ3n) is 4.67. The Hall–Kier alpha value is -2.27. The smallest absolute Gasteiger partial charge is 0.322 e. The molecule has 29 heavy (non-hydrogen) atoms. The Balaban J connectivity index is 1.37. The summed E-state index contributed by atoms with van der Waals surface area (Å²) in [4.78, 5) is 12.5. The molecule has 0 radical (unpaired) electrons. The molecule has 1 aliphatic rings. The summed E-state index contributed by atoms with van der Waals surface area (Å²) < 4.78 is 32.4. The quantitative estimate of drug-likeness (QED) is 0.635. The molecule has 1 fully saturated rings. The summed E-state index contributed by atoms with van der Waals surface area (Å²) in [5.74, 6) is -0.393. The van der Waals surface area contributed by atoms with Gasteiger partial charge >= 0.3 is 6.01 Å². The molecule has 8 nitrogen and oxygen atoms in total. The van der Waals surface area contributed by atoms with Crippen LogP contribution in [0.2, 0.25) is 5.02 Å². The van der Waals surface area contributed by atoms with Crippen LogP contribution in [-0.2, 0) is 14.8 Å². The molecule has 1 N–H and O–H groups in total. The maximum atomic E-state index is 12.6. The van der Waals surface area contributed by atoms with Gasteiger partial charge in [0, 0.05) is 19.0 Å². The van der Waals surface area contributed by atoms with E-state index >= 15 is 0 Å². The second kappa shape index (κ2) is 8.23. The first-order valence-corrected chi connectivity index (χ1v) is 11.6. The van der Waals surface area contributed by atoms with Crippen LogP contribution in [0.1, 0.15) is 12.8 Å². The van der Waals surface area contributed by atoms with E-state index in [4.69, 9.17) is 16.0 Å². The van der Waals surface area contributed by atoms with Gasteiger partial charge in [0.15, 0.2) is 0 Å². The number of sulfonamides is 1. The Morgan fingerprint density at radius 2 is 1.93 bits per heavy atom. The fourth-order valence-corrected chi connectivity index (χ4v) is 5.95. The number of carbonyl (C=O) groups excluding carboxylic acids is 1. The van der Waals surface area contributed by atoms with Crippen LogP contribution in [-0.4, -0.2) is 41.9 Å². The van der Waals surface area contributed by atoms with Gasteiger partial charge in [0.2, 0.25) is 5.91 Å². The number of amides is 1. The van der Waals surface area contributed by atoms with Crippen molar-refractivity contribution in [1.82, 2.24) is 14.5 Å². The van der Waals surface area contributed by atoms with E-state index in [9.17, 15) is 13.2 Å². The summed E-state index contributed by atoms with van der Waals surface area (Å²) in [6.45, 7) is 0.569. The Morgan fingerprint density at radius 1 is 1.17 bits per heavy atom. The number of nitrogens with one attached hydrogen (secondary N) is 1. The first-order valence-electron chi connectivity index (χ1n) is 8.88. The summed E-state index contributed by atoms with van der Waals surface area (Å²) in [6, 6.07) is 10.3. The molecule has 0 aliphatic carbocycles. The molecular weight excluding hydrogens is 436 g/mol. The number of rotatable bonds is 5. The Kier molecular flexibility index (Phi) is 5.68. The third kappa shape index (κ3) is 4.20. The van der Waals surface area contributed by atoms with Crippen LogP contribution < -0.4 is 5.32 Å². The molecule has 4 rings (SSSR count). The Bertz CT molecular complexity index is 1110. The molecule has 0 saturated carbocycles. The van der Waals surface area contributed by atoms with Gasteiger partial charge in [0.05, 0.1) is 10.6 Å². The van der Waals surface area contributed by atoms with Crippen molar-refractivity contribution in [1.29, 1.82) is 0 Å². The predicted octanol–water partition coefficient (Wildman–Crippen LogP) is 3.49. The maximum absolute atomic E-state index is 12.6. The van der Waals surface area contributed by atoms with Gasteiger partial charge in [-0.1, -0.05) is 34.9 Å². The van der Waals surface area contributed by atoms with Gasteiger partial charge in [-0.3, -0.25) is 10.1 Å². The van der Waals surface area contributed by atoms with Crippen molar-refractivity contribution in [2.75, 3.05) is 18.4 Å². The molecule has 3 aromatic rings. The SMILES string of the molecule is O=C(Nc1nnc(-c2ccccc2Cl)o1)C1CCN(S(=O)(=O)c2cccs2)CC1. The zero-order chi connectivity index (χ0) is 20.4. The van der Waals surface area contributed by atoms with E-state index in [2.05, 4.69) is 15.5 Å². The second-order valence-electron chi connectivity index (χ2n) is 6.49. The molecular formula is C18H17ClN4O4S2. The number of hydrogen-bond donors (Lipinski definition) is 1. The zero-order valence-corrected chi connectivity index (χ0v) is 17.5. The normalized spacial score (nSPS) is 16.0. The van der Waals surface area contributed by atoms with Crippen molar-refractivity contribution in [2.45, 2.75) is 17.1 Å². The predicted molar refractivity (Wildman–Crippen MR) is 109 cm³/mol. The van der Waals surface area contributed by atoms with Crippen molar-refractivity contribution in [3.05, 3.63) is 46.8 Å². The molecule has 1 aromatic carbocycles. The van der Waals surface area contributed by atoms with Crippen molar-refractivity contribution < 1.29 is 17.6 Å². The number of anilines is 1. The molecule has 2 aromatic heterocycles. The standard InChI is InChI=1S/C18H17ClN4O4S2/c19-14-5-2-1-4-13(14)17-21-22-18(27-17)20-16(24)12-7-9-23(10-8-12)29(25,26)15-6-3-11-28-15/h1-6,11-12H,7-10H2,(H,20,22,24). The van der Waals surface area contributed by atoms with Crippen LogP contribution in [0.25, 0.3) is 11.5 Å². The summed E-state index contributed by atoms with van der Waals surface area (Å²) in [5, 5.41) is 12.6. The molecule has 11 heteroatoms. The van der Waals surface area contributed by atoms with Gasteiger partial charge in [0.25, 0.3) is 15.9 Å². The molecule has 3 heterocycles. The lowest BCUT2D eigenvalue weighted by Gasteiger charge is -2.29. The molecule has 1 amide bonds. The number of halogens is 1. The Morgan fingerprint density at radius 3 is 2.62 bits per heavy atom.